The Hall–Kier alpha value is -0.660. The fourth-order valence-corrected chi connectivity index (χ4v) is 4.60. The molecule has 0 aromatic rings. The SMILES string of the molecule is CNC[C@@H]1CCCN(C(=O)[C@@H]2CCCCN2S(C)(=O)=O)C1. The van der Waals surface area contributed by atoms with Gasteiger partial charge in [0.1, 0.15) is 6.04 Å². The molecule has 2 atom stereocenters. The van der Waals surface area contributed by atoms with E-state index in [0.29, 0.717) is 18.9 Å². The van der Waals surface area contributed by atoms with E-state index in [-0.39, 0.29) is 5.91 Å². The average Bonchev–Trinajstić information content (AvgIpc) is 2.46. The second kappa shape index (κ2) is 7.07. The summed E-state index contributed by atoms with van der Waals surface area (Å²) in [6.45, 7) is 2.88. The Morgan fingerprint density at radius 3 is 2.62 bits per heavy atom. The fraction of sp³-hybridized carbons (Fsp3) is 0.929. The highest BCUT2D eigenvalue weighted by Gasteiger charge is 2.37. The summed E-state index contributed by atoms with van der Waals surface area (Å²) in [7, 11) is -1.39. The molecule has 122 valence electrons. The first kappa shape index (κ1) is 16.7. The van der Waals surface area contributed by atoms with E-state index < -0.39 is 16.1 Å². The maximum Gasteiger partial charge on any atom is 0.241 e. The van der Waals surface area contributed by atoms with Crippen molar-refractivity contribution in [3.8, 4) is 0 Å². The summed E-state index contributed by atoms with van der Waals surface area (Å²) in [4.78, 5) is 14.6. The third-order valence-corrected chi connectivity index (χ3v) is 5.78. The van der Waals surface area contributed by atoms with Gasteiger partial charge >= 0.3 is 0 Å². The van der Waals surface area contributed by atoms with Gasteiger partial charge in [0, 0.05) is 19.6 Å². The normalized spacial score (nSPS) is 28.6. The molecule has 2 aliphatic rings. The number of nitrogens with one attached hydrogen (secondary N) is 1. The van der Waals surface area contributed by atoms with Crippen molar-refractivity contribution in [1.29, 1.82) is 0 Å². The summed E-state index contributed by atoms with van der Waals surface area (Å²) in [6.07, 6.45) is 5.77. The van der Waals surface area contributed by atoms with Crippen LogP contribution in [0.3, 0.4) is 0 Å². The first-order chi connectivity index (χ1) is 9.93. The van der Waals surface area contributed by atoms with Crippen LogP contribution in [0, 0.1) is 5.92 Å². The Balaban J connectivity index is 2.06. The quantitative estimate of drug-likeness (QED) is 0.807. The van der Waals surface area contributed by atoms with Gasteiger partial charge in [-0.1, -0.05) is 6.42 Å². The molecule has 1 N–H and O–H groups in total. The van der Waals surface area contributed by atoms with Gasteiger partial charge in [-0.05, 0) is 45.2 Å². The monoisotopic (exact) mass is 317 g/mol. The molecule has 7 heteroatoms. The van der Waals surface area contributed by atoms with Crippen LogP contribution in [0.25, 0.3) is 0 Å². The summed E-state index contributed by atoms with van der Waals surface area (Å²) in [5, 5.41) is 3.17. The van der Waals surface area contributed by atoms with E-state index in [4.69, 9.17) is 0 Å². The molecule has 0 spiro atoms. The maximum absolute atomic E-state index is 12.8. The predicted molar refractivity (Wildman–Crippen MR) is 82.4 cm³/mol. The third kappa shape index (κ3) is 4.17. The van der Waals surface area contributed by atoms with Crippen LogP contribution < -0.4 is 5.32 Å². The van der Waals surface area contributed by atoms with Gasteiger partial charge in [-0.2, -0.15) is 4.31 Å². The zero-order chi connectivity index (χ0) is 15.5. The summed E-state index contributed by atoms with van der Waals surface area (Å²) < 4.78 is 25.2. The van der Waals surface area contributed by atoms with E-state index in [1.165, 1.54) is 10.6 Å². The van der Waals surface area contributed by atoms with Gasteiger partial charge in [-0.25, -0.2) is 8.42 Å². The fourth-order valence-electron chi connectivity index (χ4n) is 3.48. The predicted octanol–water partition coefficient (Wildman–Crippen LogP) is 0.259. The van der Waals surface area contributed by atoms with Crippen LogP contribution in [-0.4, -0.2) is 69.1 Å². The number of likely N-dealkylation sites (tertiary alicyclic amines) is 1. The molecule has 2 rings (SSSR count). The molecular formula is C14H27N3O3S. The third-order valence-electron chi connectivity index (χ3n) is 4.49. The topological polar surface area (TPSA) is 69.7 Å². The smallest absolute Gasteiger partial charge is 0.241 e. The van der Waals surface area contributed by atoms with Crippen LogP contribution in [0.15, 0.2) is 0 Å². The molecular weight excluding hydrogens is 290 g/mol. The standard InChI is InChI=1S/C14H27N3O3S/c1-15-10-12-6-5-8-16(11-12)14(18)13-7-3-4-9-17(13)21(2,19)20/h12-13,15H,3-11H2,1-2H3/t12-,13-/m0/s1. The van der Waals surface area contributed by atoms with Gasteiger partial charge in [0.2, 0.25) is 15.9 Å². The molecule has 2 fully saturated rings. The zero-order valence-electron chi connectivity index (χ0n) is 13.0. The van der Waals surface area contributed by atoms with Crippen LogP contribution in [0.4, 0.5) is 0 Å². The number of hydrogen-bond donors (Lipinski definition) is 1. The Morgan fingerprint density at radius 2 is 1.95 bits per heavy atom. The number of sulfonamides is 1. The minimum absolute atomic E-state index is 0.000859. The minimum atomic E-state index is -3.31. The average molecular weight is 317 g/mol. The minimum Gasteiger partial charge on any atom is -0.341 e. The number of hydrogen-bond acceptors (Lipinski definition) is 4. The molecule has 0 aliphatic carbocycles. The van der Waals surface area contributed by atoms with Crippen LogP contribution in [-0.2, 0) is 14.8 Å². The highest BCUT2D eigenvalue weighted by molar-refractivity contribution is 7.88. The van der Waals surface area contributed by atoms with Crippen LogP contribution in [0.5, 0.6) is 0 Å². The van der Waals surface area contributed by atoms with E-state index in [1.807, 2.05) is 11.9 Å². The molecule has 0 unspecified atom stereocenters. The molecule has 2 saturated heterocycles. The molecule has 2 aliphatic heterocycles. The first-order valence-electron chi connectivity index (χ1n) is 7.83. The summed E-state index contributed by atoms with van der Waals surface area (Å²) in [5.41, 5.74) is 0. The Kier molecular flexibility index (Phi) is 5.62. The number of nitrogens with zero attached hydrogens (tertiary/aromatic N) is 2. The number of carbonyl (C=O) groups is 1. The van der Waals surface area contributed by atoms with E-state index in [9.17, 15) is 13.2 Å². The van der Waals surface area contributed by atoms with Crippen LogP contribution in [0.2, 0.25) is 0 Å². The lowest BCUT2D eigenvalue weighted by molar-refractivity contribution is -0.138. The molecule has 0 saturated carbocycles. The molecule has 21 heavy (non-hydrogen) atoms. The van der Waals surface area contributed by atoms with Crippen molar-refractivity contribution in [3.05, 3.63) is 0 Å². The Labute approximate surface area is 127 Å². The molecule has 0 aromatic carbocycles. The molecule has 6 nitrogen and oxygen atoms in total. The Morgan fingerprint density at radius 1 is 1.19 bits per heavy atom. The van der Waals surface area contributed by atoms with Gasteiger partial charge in [0.15, 0.2) is 0 Å². The van der Waals surface area contributed by atoms with E-state index in [2.05, 4.69) is 5.32 Å². The second-order valence-corrected chi connectivity index (χ2v) is 8.17. The molecule has 0 radical (unpaired) electrons. The highest BCUT2D eigenvalue weighted by atomic mass is 32.2. The van der Waals surface area contributed by atoms with E-state index >= 15 is 0 Å². The number of carbonyl (C=O) groups excluding carboxylic acids is 1. The van der Waals surface area contributed by atoms with Crippen molar-refractivity contribution in [1.82, 2.24) is 14.5 Å². The van der Waals surface area contributed by atoms with Crippen LogP contribution >= 0.6 is 0 Å². The zero-order valence-corrected chi connectivity index (χ0v) is 13.9. The second-order valence-electron chi connectivity index (χ2n) is 6.24. The van der Waals surface area contributed by atoms with Crippen molar-refractivity contribution in [2.75, 3.05) is 39.5 Å². The number of piperidine rings is 2. The molecule has 0 aromatic heterocycles. The molecule has 0 bridgehead atoms. The Bertz CT molecular complexity index is 464. The van der Waals surface area contributed by atoms with Gasteiger partial charge < -0.3 is 10.2 Å². The van der Waals surface area contributed by atoms with Gasteiger partial charge in [0.25, 0.3) is 0 Å². The highest BCUT2D eigenvalue weighted by Crippen LogP contribution is 2.24. The first-order valence-corrected chi connectivity index (χ1v) is 9.68. The summed E-state index contributed by atoms with van der Waals surface area (Å²) in [5.74, 6) is 0.476. The van der Waals surface area contributed by atoms with Crippen molar-refractivity contribution in [2.24, 2.45) is 5.92 Å². The van der Waals surface area contributed by atoms with Crippen LogP contribution in [0.1, 0.15) is 32.1 Å². The lowest BCUT2D eigenvalue weighted by Crippen LogP contribution is -2.54. The lowest BCUT2D eigenvalue weighted by atomic mass is 9.96. The summed E-state index contributed by atoms with van der Waals surface area (Å²) >= 11 is 0. The maximum atomic E-state index is 12.8. The van der Waals surface area contributed by atoms with Crippen molar-refractivity contribution in [3.63, 3.8) is 0 Å². The van der Waals surface area contributed by atoms with Gasteiger partial charge in [-0.3, -0.25) is 4.79 Å². The number of rotatable bonds is 4. The molecule has 1 amide bonds. The van der Waals surface area contributed by atoms with Gasteiger partial charge in [0.05, 0.1) is 6.26 Å². The number of amides is 1. The van der Waals surface area contributed by atoms with Crippen molar-refractivity contribution < 1.29 is 13.2 Å². The van der Waals surface area contributed by atoms with Crippen molar-refractivity contribution >= 4 is 15.9 Å². The van der Waals surface area contributed by atoms with E-state index in [0.717, 1.165) is 45.3 Å². The van der Waals surface area contributed by atoms with E-state index in [1.54, 1.807) is 0 Å². The largest absolute Gasteiger partial charge is 0.341 e. The lowest BCUT2D eigenvalue weighted by Gasteiger charge is -2.39. The molecule has 2 heterocycles. The van der Waals surface area contributed by atoms with Gasteiger partial charge in [-0.15, -0.1) is 0 Å². The summed E-state index contributed by atoms with van der Waals surface area (Å²) in [6, 6.07) is -0.484. The van der Waals surface area contributed by atoms with Crippen molar-refractivity contribution in [2.45, 2.75) is 38.1 Å².